The molecule has 190 valence electrons. The molecule has 9 heteroatoms. The molecule has 0 saturated heterocycles. The summed E-state index contributed by atoms with van der Waals surface area (Å²) < 4.78 is 8.80. The maximum atomic E-state index is 11.4. The van der Waals surface area contributed by atoms with E-state index in [0.717, 1.165) is 12.8 Å². The Labute approximate surface area is 213 Å². The van der Waals surface area contributed by atoms with Crippen LogP contribution in [0.1, 0.15) is 93.9 Å². The molecular formula is C24H42O8Ti. The first-order chi connectivity index (χ1) is 14.5. The quantitative estimate of drug-likeness (QED) is 0.234. The van der Waals surface area contributed by atoms with Crippen molar-refractivity contribution in [2.45, 2.75) is 93.9 Å². The molecule has 0 rings (SSSR count). The minimum atomic E-state index is -0.457. The Balaban J connectivity index is -0.000000193. The van der Waals surface area contributed by atoms with E-state index in [1.54, 1.807) is 6.92 Å². The van der Waals surface area contributed by atoms with E-state index in [0.29, 0.717) is 6.42 Å². The molecule has 0 aliphatic carbocycles. The molecule has 0 bridgehead atoms. The zero-order chi connectivity index (χ0) is 26.1. The molecule has 0 aromatic rings. The minimum Gasteiger partial charge on any atom is -0.469 e. The molecule has 0 amide bonds. The molecule has 0 aliphatic heterocycles. The van der Waals surface area contributed by atoms with E-state index in [4.69, 9.17) is 0 Å². The van der Waals surface area contributed by atoms with Gasteiger partial charge in [0.15, 0.2) is 0 Å². The van der Waals surface area contributed by atoms with Crippen molar-refractivity contribution in [3.63, 3.8) is 0 Å². The van der Waals surface area contributed by atoms with Gasteiger partial charge in [0.2, 0.25) is 0 Å². The van der Waals surface area contributed by atoms with Crippen LogP contribution in [0, 0.1) is 10.8 Å². The fourth-order valence-electron chi connectivity index (χ4n) is 1.68. The number of esters is 2. The zero-order valence-corrected chi connectivity index (χ0v) is 23.6. The van der Waals surface area contributed by atoms with Gasteiger partial charge in [0.25, 0.3) is 0 Å². The first-order valence-electron chi connectivity index (χ1n) is 10.8. The summed E-state index contributed by atoms with van der Waals surface area (Å²) in [5.41, 5.74) is -0.817. The van der Waals surface area contributed by atoms with Crippen LogP contribution in [0.2, 0.25) is 0 Å². The fourth-order valence-corrected chi connectivity index (χ4v) is 1.68. The molecule has 0 unspecified atom stereocenters. The number of carbonyl (C=O) groups is 6. The fraction of sp³-hybridized carbons (Fsp3) is 0.750. The van der Waals surface area contributed by atoms with Gasteiger partial charge in [-0.05, 0) is 19.8 Å². The monoisotopic (exact) mass is 506 g/mol. The SMILES string of the molecule is CCC(=O)CC(C)=O.CCC(C)(C)C(=O)CC(=O)OC.CCC(C)(C)C(=O)CC(=O)OC.[Ti]. The van der Waals surface area contributed by atoms with Crippen LogP contribution in [0.15, 0.2) is 0 Å². The molecular weight excluding hydrogens is 464 g/mol. The van der Waals surface area contributed by atoms with Gasteiger partial charge in [-0.2, -0.15) is 0 Å². The zero-order valence-electron chi connectivity index (χ0n) is 22.0. The number of ketones is 4. The number of rotatable bonds is 11. The predicted octanol–water partition coefficient (Wildman–Crippen LogP) is 4.05. The molecule has 0 aliphatic rings. The van der Waals surface area contributed by atoms with Crippen molar-refractivity contribution < 1.29 is 60.0 Å². The van der Waals surface area contributed by atoms with Crippen LogP contribution in [-0.4, -0.2) is 49.3 Å². The van der Waals surface area contributed by atoms with Gasteiger partial charge in [0, 0.05) is 39.0 Å². The van der Waals surface area contributed by atoms with Gasteiger partial charge < -0.3 is 9.47 Å². The summed E-state index contributed by atoms with van der Waals surface area (Å²) in [6.45, 7) is 14.4. The van der Waals surface area contributed by atoms with Gasteiger partial charge >= 0.3 is 11.9 Å². The number of hydrogen-bond acceptors (Lipinski definition) is 8. The summed E-state index contributed by atoms with van der Waals surface area (Å²) in [5.74, 6) is -1.05. The number of hydrogen-bond donors (Lipinski definition) is 0. The number of ether oxygens (including phenoxy) is 2. The van der Waals surface area contributed by atoms with Gasteiger partial charge in [-0.25, -0.2) is 0 Å². The van der Waals surface area contributed by atoms with Crippen LogP contribution in [0.4, 0.5) is 0 Å². The van der Waals surface area contributed by atoms with Crippen molar-refractivity contribution in [1.29, 1.82) is 0 Å². The van der Waals surface area contributed by atoms with Gasteiger partial charge in [-0.3, -0.25) is 28.8 Å². The maximum Gasteiger partial charge on any atom is 0.313 e. The summed E-state index contributed by atoms with van der Waals surface area (Å²) >= 11 is 0. The van der Waals surface area contributed by atoms with E-state index in [1.807, 2.05) is 41.5 Å². The molecule has 0 saturated carbocycles. The van der Waals surface area contributed by atoms with Gasteiger partial charge in [-0.15, -0.1) is 0 Å². The number of carbonyl (C=O) groups excluding carboxylic acids is 6. The topological polar surface area (TPSA) is 121 Å². The summed E-state index contributed by atoms with van der Waals surface area (Å²) in [6, 6.07) is 0. The Bertz CT molecular complexity index is 609. The van der Waals surface area contributed by atoms with Crippen molar-refractivity contribution in [3.8, 4) is 0 Å². The standard InChI is InChI=1S/2C9H16O3.C6H10O2.Ti/c2*1-5-9(2,3)7(10)6-8(11)12-4;1-3-6(8)4-5(2)7;/h2*5-6H2,1-4H3;3-4H2,1-2H3;. The first kappa shape index (κ1) is 38.6. The van der Waals surface area contributed by atoms with Crippen molar-refractivity contribution in [3.05, 3.63) is 0 Å². The van der Waals surface area contributed by atoms with E-state index in [9.17, 15) is 28.8 Å². The molecule has 0 spiro atoms. The maximum absolute atomic E-state index is 11.4. The van der Waals surface area contributed by atoms with E-state index >= 15 is 0 Å². The van der Waals surface area contributed by atoms with Crippen molar-refractivity contribution in [1.82, 2.24) is 0 Å². The summed E-state index contributed by atoms with van der Waals surface area (Å²) in [5, 5.41) is 0. The van der Waals surface area contributed by atoms with Crippen molar-refractivity contribution in [2.75, 3.05) is 14.2 Å². The van der Waals surface area contributed by atoms with Crippen LogP contribution < -0.4 is 0 Å². The summed E-state index contributed by atoms with van der Waals surface area (Å²) in [6.07, 6.45) is 1.83. The van der Waals surface area contributed by atoms with Gasteiger partial charge in [0.1, 0.15) is 36.0 Å². The second-order valence-electron chi connectivity index (χ2n) is 8.60. The molecule has 0 aromatic heterocycles. The second kappa shape index (κ2) is 19.8. The van der Waals surface area contributed by atoms with Crippen LogP contribution in [0.25, 0.3) is 0 Å². The predicted molar refractivity (Wildman–Crippen MR) is 122 cm³/mol. The summed E-state index contributed by atoms with van der Waals surface area (Å²) in [4.78, 5) is 64.8. The number of Topliss-reactive ketones (excluding diaryl/α,β-unsaturated/α-hetero) is 4. The third kappa shape index (κ3) is 20.7. The van der Waals surface area contributed by atoms with E-state index < -0.39 is 22.8 Å². The van der Waals surface area contributed by atoms with Gasteiger partial charge in [-0.1, -0.05) is 48.5 Å². The van der Waals surface area contributed by atoms with E-state index in [2.05, 4.69) is 9.47 Å². The Morgan fingerprint density at radius 3 is 1.09 bits per heavy atom. The van der Waals surface area contributed by atoms with Crippen molar-refractivity contribution in [2.24, 2.45) is 10.8 Å². The summed E-state index contributed by atoms with van der Waals surface area (Å²) in [7, 11) is 2.57. The molecule has 8 nitrogen and oxygen atoms in total. The van der Waals surface area contributed by atoms with Crippen LogP contribution in [0.5, 0.6) is 0 Å². The molecule has 0 N–H and O–H groups in total. The minimum absolute atomic E-state index is 0. The average molecular weight is 506 g/mol. The van der Waals surface area contributed by atoms with Crippen LogP contribution in [-0.2, 0) is 60.0 Å². The third-order valence-corrected chi connectivity index (χ3v) is 5.18. The molecule has 0 aromatic carbocycles. The molecule has 33 heavy (non-hydrogen) atoms. The third-order valence-electron chi connectivity index (χ3n) is 5.18. The Morgan fingerprint density at radius 1 is 0.636 bits per heavy atom. The molecule has 0 fully saturated rings. The van der Waals surface area contributed by atoms with Crippen molar-refractivity contribution >= 4 is 35.1 Å². The molecule has 0 radical (unpaired) electrons. The Kier molecular flexibility index (Phi) is 23.1. The normalized spacial score (nSPS) is 10.1. The molecule has 0 heterocycles. The van der Waals surface area contributed by atoms with Crippen LogP contribution in [0.3, 0.4) is 0 Å². The first-order valence-corrected chi connectivity index (χ1v) is 10.8. The average Bonchev–Trinajstić information content (AvgIpc) is 2.73. The second-order valence-corrected chi connectivity index (χ2v) is 8.60. The van der Waals surface area contributed by atoms with E-state index in [-0.39, 0.29) is 64.1 Å². The van der Waals surface area contributed by atoms with E-state index in [1.165, 1.54) is 21.1 Å². The Morgan fingerprint density at radius 2 is 0.939 bits per heavy atom. The van der Waals surface area contributed by atoms with Crippen LogP contribution >= 0.6 is 0 Å². The number of methoxy groups -OCH3 is 2. The van der Waals surface area contributed by atoms with Gasteiger partial charge in [0.05, 0.1) is 20.6 Å². The Hall–Kier alpha value is -1.67. The largest absolute Gasteiger partial charge is 0.469 e. The molecule has 0 atom stereocenters. The smallest absolute Gasteiger partial charge is 0.313 e.